The van der Waals surface area contributed by atoms with Crippen LogP contribution in [0.5, 0.6) is 11.6 Å². The van der Waals surface area contributed by atoms with E-state index in [1.807, 2.05) is 24.3 Å². The summed E-state index contributed by atoms with van der Waals surface area (Å²) in [6.07, 6.45) is -3.31. The van der Waals surface area contributed by atoms with E-state index in [1.165, 1.54) is 23.7 Å². The van der Waals surface area contributed by atoms with Crippen molar-refractivity contribution >= 4 is 49.8 Å². The van der Waals surface area contributed by atoms with Gasteiger partial charge in [0.05, 0.1) is 49.8 Å². The van der Waals surface area contributed by atoms with E-state index >= 15 is 0 Å². The molecule has 0 atom stereocenters. The minimum Gasteiger partial charge on any atom is -0.503 e. The van der Waals surface area contributed by atoms with Gasteiger partial charge < -0.3 is 15.2 Å². The van der Waals surface area contributed by atoms with Crippen LogP contribution in [0.15, 0.2) is 73.1 Å². The molecule has 0 aliphatic rings. The third-order valence-electron chi connectivity index (χ3n) is 6.20. The van der Waals surface area contributed by atoms with Crippen molar-refractivity contribution in [3.8, 4) is 28.6 Å². The van der Waals surface area contributed by atoms with Crippen LogP contribution in [0.4, 0.5) is 13.2 Å². The first-order chi connectivity index (χ1) is 18.1. The molecule has 3 N–H and O–H groups in total. The van der Waals surface area contributed by atoms with Crippen molar-refractivity contribution in [3.05, 3.63) is 94.1 Å². The standard InChI is InChI=1S/C27H15ClF3N3O3S/c28-17-7-5-14(9-16(17)27(29,30)31)23-22(24(35)21-10-13-3-1-2-4-20(13)38-21)25(36)26(37)34(23)15-6-8-18-19(11-15)33-12-32-18/h1-12,36-37H,(H,32,33). The van der Waals surface area contributed by atoms with Crippen LogP contribution in [-0.4, -0.2) is 30.5 Å². The van der Waals surface area contributed by atoms with E-state index in [-0.39, 0.29) is 27.4 Å². The highest BCUT2D eigenvalue weighted by molar-refractivity contribution is 7.21. The molecule has 0 radical (unpaired) electrons. The third kappa shape index (κ3) is 3.80. The molecule has 0 saturated carbocycles. The van der Waals surface area contributed by atoms with Crippen LogP contribution in [0.3, 0.4) is 0 Å². The van der Waals surface area contributed by atoms with E-state index in [2.05, 4.69) is 9.97 Å². The van der Waals surface area contributed by atoms with Gasteiger partial charge in [0.25, 0.3) is 0 Å². The summed E-state index contributed by atoms with van der Waals surface area (Å²) in [6, 6.07) is 16.9. The number of ketones is 1. The van der Waals surface area contributed by atoms with Crippen LogP contribution >= 0.6 is 22.9 Å². The number of H-pyrrole nitrogens is 1. The number of benzene rings is 3. The highest BCUT2D eigenvalue weighted by Crippen LogP contribution is 2.46. The lowest BCUT2D eigenvalue weighted by atomic mass is 10.0. The number of rotatable bonds is 4. The third-order valence-corrected chi connectivity index (χ3v) is 7.65. The molecule has 6 aromatic rings. The van der Waals surface area contributed by atoms with Gasteiger partial charge in [-0.25, -0.2) is 4.98 Å². The Hall–Kier alpha value is -4.28. The molecule has 3 heterocycles. The molecule has 190 valence electrons. The number of carbonyl (C=O) groups is 1. The van der Waals surface area contributed by atoms with E-state index in [0.29, 0.717) is 11.0 Å². The Kier molecular flexibility index (Phi) is 5.48. The SMILES string of the molecule is O=C(c1cc2ccccc2s1)c1c(O)c(O)n(-c2ccc3nc[nH]c3c2)c1-c1ccc(Cl)c(C(F)(F)F)c1. The lowest BCUT2D eigenvalue weighted by molar-refractivity contribution is -0.137. The van der Waals surface area contributed by atoms with Gasteiger partial charge in [-0.15, -0.1) is 11.3 Å². The Labute approximate surface area is 221 Å². The van der Waals surface area contributed by atoms with Crippen LogP contribution in [-0.2, 0) is 6.18 Å². The maximum Gasteiger partial charge on any atom is 0.417 e. The summed E-state index contributed by atoms with van der Waals surface area (Å²) in [6.45, 7) is 0. The summed E-state index contributed by atoms with van der Waals surface area (Å²) in [5.41, 5.74) is -0.190. The van der Waals surface area contributed by atoms with Crippen LogP contribution in [0.25, 0.3) is 38.1 Å². The highest BCUT2D eigenvalue weighted by Gasteiger charge is 2.36. The molecule has 6 rings (SSSR count). The van der Waals surface area contributed by atoms with Crippen molar-refractivity contribution in [2.45, 2.75) is 6.18 Å². The molecule has 3 aromatic carbocycles. The zero-order chi connectivity index (χ0) is 26.8. The molecule has 0 amide bonds. The monoisotopic (exact) mass is 553 g/mol. The van der Waals surface area contributed by atoms with Crippen LogP contribution < -0.4 is 0 Å². The second kappa shape index (κ2) is 8.64. The topological polar surface area (TPSA) is 91.1 Å². The minimum atomic E-state index is -4.78. The van der Waals surface area contributed by atoms with Crippen LogP contribution in [0, 0.1) is 0 Å². The number of carbonyl (C=O) groups excluding carboxylic acids is 1. The molecule has 0 bridgehead atoms. The Morgan fingerprint density at radius 2 is 1.82 bits per heavy atom. The molecule has 0 aliphatic carbocycles. The molecule has 38 heavy (non-hydrogen) atoms. The quantitative estimate of drug-likeness (QED) is 0.197. The van der Waals surface area contributed by atoms with Gasteiger partial charge >= 0.3 is 6.18 Å². The Morgan fingerprint density at radius 3 is 2.58 bits per heavy atom. The molecular formula is C27H15ClF3N3O3S. The zero-order valence-electron chi connectivity index (χ0n) is 19.0. The molecular weight excluding hydrogens is 539 g/mol. The van der Waals surface area contributed by atoms with Gasteiger partial charge in [0.1, 0.15) is 0 Å². The fraction of sp³-hybridized carbons (Fsp3) is 0.0370. The van der Waals surface area contributed by atoms with Crippen molar-refractivity contribution in [2.24, 2.45) is 0 Å². The van der Waals surface area contributed by atoms with Gasteiger partial charge in [-0.1, -0.05) is 35.9 Å². The Bertz CT molecular complexity index is 1850. The van der Waals surface area contributed by atoms with Crippen molar-refractivity contribution in [3.63, 3.8) is 0 Å². The van der Waals surface area contributed by atoms with Gasteiger partial charge in [-0.2, -0.15) is 13.2 Å². The molecule has 11 heteroatoms. The summed E-state index contributed by atoms with van der Waals surface area (Å²) < 4.78 is 43.3. The highest BCUT2D eigenvalue weighted by atomic mass is 35.5. The molecule has 0 saturated heterocycles. The smallest absolute Gasteiger partial charge is 0.417 e. The summed E-state index contributed by atoms with van der Waals surface area (Å²) >= 11 is 7.03. The number of alkyl halides is 3. The lowest BCUT2D eigenvalue weighted by Crippen LogP contribution is -2.08. The first-order valence-corrected chi connectivity index (χ1v) is 12.3. The summed E-state index contributed by atoms with van der Waals surface area (Å²) in [5.74, 6) is -2.11. The van der Waals surface area contributed by atoms with Gasteiger partial charge in [0.2, 0.25) is 11.7 Å². The second-order valence-electron chi connectivity index (χ2n) is 8.51. The summed E-state index contributed by atoms with van der Waals surface area (Å²) in [5, 5.41) is 22.3. The molecule has 0 spiro atoms. The largest absolute Gasteiger partial charge is 0.503 e. The number of aromatic nitrogens is 3. The first-order valence-electron chi connectivity index (χ1n) is 11.1. The van der Waals surface area contributed by atoms with Crippen molar-refractivity contribution in [1.29, 1.82) is 0 Å². The first kappa shape index (κ1) is 24.1. The predicted molar refractivity (Wildman–Crippen MR) is 139 cm³/mol. The number of halogens is 4. The van der Waals surface area contributed by atoms with Crippen molar-refractivity contribution in [1.82, 2.24) is 14.5 Å². The fourth-order valence-electron chi connectivity index (χ4n) is 4.46. The number of thiophene rings is 1. The number of aromatic hydroxyl groups is 2. The van der Waals surface area contributed by atoms with Crippen molar-refractivity contribution in [2.75, 3.05) is 0 Å². The van der Waals surface area contributed by atoms with Crippen molar-refractivity contribution < 1.29 is 28.2 Å². The normalized spacial score (nSPS) is 12.0. The number of nitrogens with one attached hydrogen (secondary N) is 1. The number of hydrogen-bond donors (Lipinski definition) is 3. The molecule has 3 aromatic heterocycles. The zero-order valence-corrected chi connectivity index (χ0v) is 20.6. The average Bonchev–Trinajstić information content (AvgIpc) is 3.59. The van der Waals surface area contributed by atoms with Gasteiger partial charge in [0.15, 0.2) is 5.75 Å². The second-order valence-corrected chi connectivity index (χ2v) is 10.00. The van der Waals surface area contributed by atoms with E-state index in [0.717, 1.165) is 26.8 Å². The summed E-state index contributed by atoms with van der Waals surface area (Å²) in [7, 11) is 0. The fourth-order valence-corrected chi connectivity index (χ4v) is 5.69. The number of nitrogens with zero attached hydrogens (tertiary/aromatic N) is 2. The maximum absolute atomic E-state index is 13.8. The Morgan fingerprint density at radius 1 is 1.03 bits per heavy atom. The molecule has 0 aliphatic heterocycles. The minimum absolute atomic E-state index is 0.0773. The Balaban J connectivity index is 1.65. The van der Waals surface area contributed by atoms with E-state index in [1.54, 1.807) is 24.3 Å². The number of imidazole rings is 1. The average molecular weight is 554 g/mol. The molecule has 0 fully saturated rings. The van der Waals surface area contributed by atoms with Gasteiger partial charge in [-0.05, 0) is 47.9 Å². The maximum atomic E-state index is 13.8. The molecule has 0 unspecified atom stereocenters. The number of fused-ring (bicyclic) bond motifs is 2. The van der Waals surface area contributed by atoms with Crippen LogP contribution in [0.2, 0.25) is 5.02 Å². The van der Waals surface area contributed by atoms with Gasteiger partial charge in [-0.3, -0.25) is 9.36 Å². The number of aromatic amines is 1. The van der Waals surface area contributed by atoms with E-state index in [4.69, 9.17) is 11.6 Å². The van der Waals surface area contributed by atoms with Gasteiger partial charge in [0, 0.05) is 10.3 Å². The van der Waals surface area contributed by atoms with Crippen LogP contribution in [0.1, 0.15) is 20.8 Å². The lowest BCUT2D eigenvalue weighted by Gasteiger charge is -2.15. The number of hydrogen-bond acceptors (Lipinski definition) is 5. The summed E-state index contributed by atoms with van der Waals surface area (Å²) in [4.78, 5) is 21.1. The van der Waals surface area contributed by atoms with E-state index in [9.17, 15) is 28.2 Å². The molecule has 6 nitrogen and oxygen atoms in total. The van der Waals surface area contributed by atoms with E-state index < -0.39 is 34.2 Å². The predicted octanol–water partition coefficient (Wildman–Crippen LogP) is 7.55.